The molecule has 0 aliphatic heterocycles. The van der Waals surface area contributed by atoms with Crippen molar-refractivity contribution in [1.82, 2.24) is 0 Å². The molecule has 0 heterocycles. The Kier molecular flexibility index (Phi) is 6.27. The van der Waals surface area contributed by atoms with Gasteiger partial charge in [-0.15, -0.1) is 0 Å². The van der Waals surface area contributed by atoms with Crippen LogP contribution in [0.4, 0.5) is 0 Å². The fourth-order valence-corrected chi connectivity index (χ4v) is 4.03. The van der Waals surface area contributed by atoms with E-state index in [1.165, 1.54) is 25.7 Å². The maximum atomic E-state index is 5.41. The zero-order chi connectivity index (χ0) is 11.9. The highest BCUT2D eigenvalue weighted by Crippen LogP contribution is 2.26. The quantitative estimate of drug-likeness (QED) is 0.509. The first-order valence-corrected chi connectivity index (χ1v) is 8.00. The first kappa shape index (κ1) is 13.9. The molecule has 94 valence electrons. The first-order valence-electron chi connectivity index (χ1n) is 6.07. The summed E-state index contributed by atoms with van der Waals surface area (Å²) in [5, 5.41) is 0. The third kappa shape index (κ3) is 4.01. The second-order valence-corrected chi connectivity index (χ2v) is 7.43. The Morgan fingerprint density at radius 1 is 1.12 bits per heavy atom. The molecule has 0 fully saturated rings. The molecular weight excluding hydrogens is 220 g/mol. The van der Waals surface area contributed by atoms with Gasteiger partial charge in [-0.1, -0.05) is 18.6 Å². The topological polar surface area (TPSA) is 27.7 Å². The van der Waals surface area contributed by atoms with Crippen molar-refractivity contribution in [3.05, 3.63) is 12.2 Å². The van der Waals surface area contributed by atoms with Crippen molar-refractivity contribution >= 4 is 8.80 Å². The van der Waals surface area contributed by atoms with Crippen molar-refractivity contribution in [3.8, 4) is 0 Å². The molecule has 0 aromatic rings. The minimum atomic E-state index is -2.32. The molecule has 0 amide bonds. The molecule has 3 nitrogen and oxygen atoms in total. The summed E-state index contributed by atoms with van der Waals surface area (Å²) in [5.41, 5.74) is 0. The van der Waals surface area contributed by atoms with E-state index < -0.39 is 8.80 Å². The van der Waals surface area contributed by atoms with E-state index in [0.717, 1.165) is 18.4 Å². The Morgan fingerprint density at radius 2 is 1.81 bits per heavy atom. The van der Waals surface area contributed by atoms with Gasteiger partial charge in [0.1, 0.15) is 0 Å². The molecule has 4 heteroatoms. The van der Waals surface area contributed by atoms with Gasteiger partial charge in [-0.25, -0.2) is 0 Å². The van der Waals surface area contributed by atoms with Gasteiger partial charge in [-0.05, 0) is 31.6 Å². The average Bonchev–Trinajstić information content (AvgIpc) is 2.37. The minimum Gasteiger partial charge on any atom is -0.377 e. The summed E-state index contributed by atoms with van der Waals surface area (Å²) in [6.45, 7) is 0. The van der Waals surface area contributed by atoms with E-state index in [1.807, 2.05) is 0 Å². The summed E-state index contributed by atoms with van der Waals surface area (Å²) < 4.78 is 16.2. The van der Waals surface area contributed by atoms with E-state index >= 15 is 0 Å². The van der Waals surface area contributed by atoms with Crippen molar-refractivity contribution in [1.29, 1.82) is 0 Å². The van der Waals surface area contributed by atoms with Gasteiger partial charge >= 0.3 is 8.80 Å². The Morgan fingerprint density at radius 3 is 2.31 bits per heavy atom. The van der Waals surface area contributed by atoms with Gasteiger partial charge in [0, 0.05) is 27.4 Å². The fourth-order valence-electron chi connectivity index (χ4n) is 2.28. The molecule has 1 aliphatic carbocycles. The normalized spacial score (nSPS) is 21.3. The first-order chi connectivity index (χ1) is 7.76. The lowest BCUT2D eigenvalue weighted by Crippen LogP contribution is -2.42. The van der Waals surface area contributed by atoms with Crippen LogP contribution in [-0.2, 0) is 13.3 Å². The van der Waals surface area contributed by atoms with Crippen LogP contribution in [0, 0.1) is 5.92 Å². The van der Waals surface area contributed by atoms with Crippen LogP contribution in [0.25, 0.3) is 0 Å². The van der Waals surface area contributed by atoms with E-state index in [4.69, 9.17) is 13.3 Å². The summed E-state index contributed by atoms with van der Waals surface area (Å²) in [6, 6.07) is 0.927. The maximum absolute atomic E-state index is 5.41. The molecule has 0 aromatic heterocycles. The SMILES string of the molecule is CO[Si](CCCC1CC=CCC1)(OC)OC. The van der Waals surface area contributed by atoms with Gasteiger partial charge in [0.25, 0.3) is 0 Å². The van der Waals surface area contributed by atoms with Crippen LogP contribution in [0.3, 0.4) is 0 Å². The fraction of sp³-hybridized carbons (Fsp3) is 0.833. The molecule has 1 aliphatic rings. The third-order valence-corrected chi connectivity index (χ3v) is 6.24. The molecule has 0 N–H and O–H groups in total. The van der Waals surface area contributed by atoms with E-state index in [0.29, 0.717) is 0 Å². The van der Waals surface area contributed by atoms with Crippen molar-refractivity contribution in [2.75, 3.05) is 21.3 Å². The Labute approximate surface area is 100 Å². The molecule has 0 bridgehead atoms. The minimum absolute atomic E-state index is 0.849. The van der Waals surface area contributed by atoms with Crippen molar-refractivity contribution < 1.29 is 13.3 Å². The van der Waals surface area contributed by atoms with Crippen molar-refractivity contribution in [3.63, 3.8) is 0 Å². The highest BCUT2D eigenvalue weighted by molar-refractivity contribution is 6.60. The number of rotatable bonds is 7. The smallest absolute Gasteiger partial charge is 0.377 e. The highest BCUT2D eigenvalue weighted by atomic mass is 28.4. The van der Waals surface area contributed by atoms with Crippen LogP contribution in [0.15, 0.2) is 12.2 Å². The molecule has 0 saturated heterocycles. The summed E-state index contributed by atoms with van der Waals surface area (Å²) in [7, 11) is 2.73. The molecule has 0 saturated carbocycles. The highest BCUT2D eigenvalue weighted by Gasteiger charge is 2.37. The molecule has 16 heavy (non-hydrogen) atoms. The van der Waals surface area contributed by atoms with Crippen LogP contribution < -0.4 is 0 Å². The molecule has 1 atom stereocenters. The van der Waals surface area contributed by atoms with E-state index in [1.54, 1.807) is 21.3 Å². The second-order valence-electron chi connectivity index (χ2n) is 4.34. The third-order valence-electron chi connectivity index (χ3n) is 3.41. The predicted octanol–water partition coefficient (Wildman–Crippen LogP) is 3.00. The zero-order valence-electron chi connectivity index (χ0n) is 10.7. The maximum Gasteiger partial charge on any atom is 0.500 e. The van der Waals surface area contributed by atoms with E-state index in [-0.39, 0.29) is 0 Å². The summed E-state index contributed by atoms with van der Waals surface area (Å²) in [6.07, 6.45) is 10.8. The molecule has 1 unspecified atom stereocenters. The van der Waals surface area contributed by atoms with Gasteiger partial charge in [-0.3, -0.25) is 0 Å². The van der Waals surface area contributed by atoms with Crippen molar-refractivity contribution in [2.45, 2.75) is 38.1 Å². The van der Waals surface area contributed by atoms with Gasteiger partial charge in [0.15, 0.2) is 0 Å². The largest absolute Gasteiger partial charge is 0.500 e. The Balaban J connectivity index is 2.24. The summed E-state index contributed by atoms with van der Waals surface area (Å²) in [5.74, 6) is 0.849. The van der Waals surface area contributed by atoms with Gasteiger partial charge in [0.2, 0.25) is 0 Å². The van der Waals surface area contributed by atoms with Crippen molar-refractivity contribution in [2.24, 2.45) is 5.92 Å². The molecule has 0 radical (unpaired) electrons. The van der Waals surface area contributed by atoms with Gasteiger partial charge in [0.05, 0.1) is 0 Å². The van der Waals surface area contributed by atoms with E-state index in [2.05, 4.69) is 12.2 Å². The van der Waals surface area contributed by atoms with Crippen LogP contribution in [-0.4, -0.2) is 30.1 Å². The molecular formula is C12H24O3Si. The lowest BCUT2D eigenvalue weighted by atomic mass is 9.91. The molecule has 0 aromatic carbocycles. The monoisotopic (exact) mass is 244 g/mol. The average molecular weight is 244 g/mol. The van der Waals surface area contributed by atoms with Crippen LogP contribution >= 0.6 is 0 Å². The van der Waals surface area contributed by atoms with Crippen LogP contribution in [0.5, 0.6) is 0 Å². The van der Waals surface area contributed by atoms with Crippen LogP contribution in [0.2, 0.25) is 6.04 Å². The number of hydrogen-bond acceptors (Lipinski definition) is 3. The predicted molar refractivity (Wildman–Crippen MR) is 67.3 cm³/mol. The lowest BCUT2D eigenvalue weighted by Gasteiger charge is -2.25. The van der Waals surface area contributed by atoms with E-state index in [9.17, 15) is 0 Å². The zero-order valence-corrected chi connectivity index (χ0v) is 11.7. The number of allylic oxidation sites excluding steroid dienone is 2. The Bertz CT molecular complexity index is 206. The standard InChI is InChI=1S/C12H24O3Si/c1-13-16(14-2,15-3)11-7-10-12-8-5-4-6-9-12/h4-5,12H,6-11H2,1-3H3. The summed E-state index contributed by atoms with van der Waals surface area (Å²) in [4.78, 5) is 0. The summed E-state index contributed by atoms with van der Waals surface area (Å²) >= 11 is 0. The number of hydrogen-bond donors (Lipinski definition) is 0. The second kappa shape index (κ2) is 7.22. The van der Waals surface area contributed by atoms with Gasteiger partial charge in [-0.2, -0.15) is 0 Å². The van der Waals surface area contributed by atoms with Gasteiger partial charge < -0.3 is 13.3 Å². The van der Waals surface area contributed by atoms with Crippen LogP contribution in [0.1, 0.15) is 32.1 Å². The lowest BCUT2D eigenvalue weighted by molar-refractivity contribution is 0.122. The molecule has 0 spiro atoms. The Hall–Kier alpha value is -0.163. The molecule has 1 rings (SSSR count).